The minimum Gasteiger partial charge on any atom is -0.479 e. The van der Waals surface area contributed by atoms with Gasteiger partial charge in [-0.05, 0) is 6.07 Å². The highest BCUT2D eigenvalue weighted by Crippen LogP contribution is 2.20. The van der Waals surface area contributed by atoms with E-state index in [0.717, 1.165) is 0 Å². The smallest absolute Gasteiger partial charge is 0.341 e. The lowest BCUT2D eigenvalue weighted by atomic mass is 10.3. The number of carboxylic acids is 1. The van der Waals surface area contributed by atoms with Gasteiger partial charge in [0.15, 0.2) is 12.4 Å². The van der Waals surface area contributed by atoms with E-state index in [1.165, 1.54) is 10.9 Å². The average molecular weight is 269 g/mol. The maximum absolute atomic E-state index is 10.4. The third-order valence-corrected chi connectivity index (χ3v) is 2.24. The van der Waals surface area contributed by atoms with Crippen molar-refractivity contribution in [2.75, 3.05) is 6.61 Å². The highest BCUT2D eigenvalue weighted by atomic mass is 35.5. The van der Waals surface area contributed by atoms with Gasteiger partial charge in [0.05, 0.1) is 5.02 Å². The number of nitrogens with zero attached hydrogens (tertiary/aromatic N) is 4. The van der Waals surface area contributed by atoms with Crippen LogP contribution in [0, 0.1) is 0 Å². The standard InChI is InChI=1S/C10H9ClN4O3/c1-15-9(6-2-7(11)4-12-3-6)13-10(14-15)18-5-8(16)17/h2-4H,5H2,1H3,(H,16,17). The Bertz CT molecular complexity index is 584. The van der Waals surface area contributed by atoms with Crippen LogP contribution in [0.15, 0.2) is 18.5 Å². The predicted molar refractivity (Wildman–Crippen MR) is 62.4 cm³/mol. The van der Waals surface area contributed by atoms with Crippen LogP contribution < -0.4 is 4.74 Å². The molecule has 0 aliphatic rings. The van der Waals surface area contributed by atoms with Gasteiger partial charge in [0.25, 0.3) is 0 Å². The van der Waals surface area contributed by atoms with Crippen LogP contribution in [0.2, 0.25) is 5.02 Å². The second kappa shape index (κ2) is 5.01. The van der Waals surface area contributed by atoms with Crippen molar-refractivity contribution in [1.82, 2.24) is 19.7 Å². The first-order chi connectivity index (χ1) is 8.56. The van der Waals surface area contributed by atoms with E-state index in [0.29, 0.717) is 16.4 Å². The number of aromatic nitrogens is 4. The zero-order chi connectivity index (χ0) is 13.1. The second-order valence-electron chi connectivity index (χ2n) is 3.42. The fourth-order valence-corrected chi connectivity index (χ4v) is 1.51. The fourth-order valence-electron chi connectivity index (χ4n) is 1.33. The van der Waals surface area contributed by atoms with Gasteiger partial charge in [0, 0.05) is 25.0 Å². The topological polar surface area (TPSA) is 90.1 Å². The molecule has 0 amide bonds. The quantitative estimate of drug-likeness (QED) is 0.889. The van der Waals surface area contributed by atoms with Crippen LogP contribution in [0.25, 0.3) is 11.4 Å². The first-order valence-corrected chi connectivity index (χ1v) is 5.30. The fraction of sp³-hybridized carbons (Fsp3) is 0.200. The molecule has 7 nitrogen and oxygen atoms in total. The van der Waals surface area contributed by atoms with Gasteiger partial charge in [-0.2, -0.15) is 4.98 Å². The van der Waals surface area contributed by atoms with Crippen LogP contribution in [0.5, 0.6) is 6.01 Å². The molecule has 0 aliphatic heterocycles. The Hall–Kier alpha value is -2.15. The maximum Gasteiger partial charge on any atom is 0.341 e. The molecule has 0 saturated carbocycles. The highest BCUT2D eigenvalue weighted by Gasteiger charge is 2.12. The number of carbonyl (C=O) groups is 1. The summed E-state index contributed by atoms with van der Waals surface area (Å²) in [6.07, 6.45) is 3.08. The van der Waals surface area contributed by atoms with Crippen LogP contribution in [0.1, 0.15) is 0 Å². The lowest BCUT2D eigenvalue weighted by Gasteiger charge is -1.98. The minimum absolute atomic E-state index is 0.00474. The monoisotopic (exact) mass is 268 g/mol. The Morgan fingerprint density at radius 3 is 3.00 bits per heavy atom. The Morgan fingerprint density at radius 2 is 2.33 bits per heavy atom. The molecule has 0 unspecified atom stereocenters. The molecule has 0 radical (unpaired) electrons. The average Bonchev–Trinajstić information content (AvgIpc) is 2.68. The van der Waals surface area contributed by atoms with Crippen molar-refractivity contribution in [2.24, 2.45) is 7.05 Å². The number of carboxylic acid groups (broad SMARTS) is 1. The third-order valence-electron chi connectivity index (χ3n) is 2.03. The first-order valence-electron chi connectivity index (χ1n) is 4.93. The van der Waals surface area contributed by atoms with Crippen LogP contribution in [-0.4, -0.2) is 37.4 Å². The van der Waals surface area contributed by atoms with E-state index in [-0.39, 0.29) is 6.01 Å². The van der Waals surface area contributed by atoms with Gasteiger partial charge in [0.2, 0.25) is 0 Å². The molecular weight excluding hydrogens is 260 g/mol. The molecule has 0 bridgehead atoms. The summed E-state index contributed by atoms with van der Waals surface area (Å²) in [5.41, 5.74) is 0.669. The van der Waals surface area contributed by atoms with E-state index in [2.05, 4.69) is 15.1 Å². The first kappa shape index (κ1) is 12.3. The lowest BCUT2D eigenvalue weighted by Crippen LogP contribution is -2.10. The third kappa shape index (κ3) is 2.75. The Kier molecular flexibility index (Phi) is 3.42. The molecule has 2 aromatic heterocycles. The summed E-state index contributed by atoms with van der Waals surface area (Å²) >= 11 is 5.83. The van der Waals surface area contributed by atoms with Crippen LogP contribution >= 0.6 is 11.6 Å². The Labute approximate surface area is 107 Å². The van der Waals surface area contributed by atoms with Crippen molar-refractivity contribution >= 4 is 17.6 Å². The summed E-state index contributed by atoms with van der Waals surface area (Å²) in [5, 5.41) is 12.9. The number of halogens is 1. The van der Waals surface area contributed by atoms with Gasteiger partial charge in [-0.15, -0.1) is 5.10 Å². The molecule has 2 aromatic rings. The number of hydrogen-bond acceptors (Lipinski definition) is 5. The number of hydrogen-bond donors (Lipinski definition) is 1. The van der Waals surface area contributed by atoms with E-state index < -0.39 is 12.6 Å². The largest absolute Gasteiger partial charge is 0.479 e. The number of ether oxygens (including phenoxy) is 1. The molecule has 8 heteroatoms. The Morgan fingerprint density at radius 1 is 1.56 bits per heavy atom. The summed E-state index contributed by atoms with van der Waals surface area (Å²) in [7, 11) is 1.66. The van der Waals surface area contributed by atoms with Crippen molar-refractivity contribution in [1.29, 1.82) is 0 Å². The SMILES string of the molecule is Cn1nc(OCC(=O)O)nc1-c1cncc(Cl)c1. The molecule has 0 atom stereocenters. The zero-order valence-corrected chi connectivity index (χ0v) is 10.1. The summed E-state index contributed by atoms with van der Waals surface area (Å²) in [6.45, 7) is -0.489. The molecule has 2 rings (SSSR count). The van der Waals surface area contributed by atoms with Crippen molar-refractivity contribution in [3.8, 4) is 17.4 Å². The van der Waals surface area contributed by atoms with Crippen LogP contribution in [-0.2, 0) is 11.8 Å². The van der Waals surface area contributed by atoms with Gasteiger partial charge in [-0.3, -0.25) is 4.98 Å². The van der Waals surface area contributed by atoms with E-state index in [4.69, 9.17) is 21.4 Å². The van der Waals surface area contributed by atoms with Crippen LogP contribution in [0.4, 0.5) is 0 Å². The normalized spacial score (nSPS) is 10.3. The predicted octanol–water partition coefficient (Wildman–Crippen LogP) is 0.994. The van der Waals surface area contributed by atoms with Gasteiger partial charge >= 0.3 is 12.0 Å². The second-order valence-corrected chi connectivity index (χ2v) is 3.85. The molecule has 0 fully saturated rings. The summed E-state index contributed by atoms with van der Waals surface area (Å²) in [5.74, 6) is -0.598. The minimum atomic E-state index is -1.09. The summed E-state index contributed by atoms with van der Waals surface area (Å²) < 4.78 is 6.35. The van der Waals surface area contributed by atoms with Crippen LogP contribution in [0.3, 0.4) is 0 Å². The van der Waals surface area contributed by atoms with E-state index in [1.54, 1.807) is 19.3 Å². The molecular formula is C10H9ClN4O3. The van der Waals surface area contributed by atoms with Gasteiger partial charge in [0.1, 0.15) is 0 Å². The lowest BCUT2D eigenvalue weighted by molar-refractivity contribution is -0.139. The highest BCUT2D eigenvalue weighted by molar-refractivity contribution is 6.30. The van der Waals surface area contributed by atoms with E-state index >= 15 is 0 Å². The van der Waals surface area contributed by atoms with Crippen molar-refractivity contribution in [3.63, 3.8) is 0 Å². The number of aliphatic carboxylic acids is 1. The van der Waals surface area contributed by atoms with Gasteiger partial charge in [-0.1, -0.05) is 11.6 Å². The van der Waals surface area contributed by atoms with Gasteiger partial charge in [-0.25, -0.2) is 9.48 Å². The number of aryl methyl sites for hydroxylation is 1. The number of rotatable bonds is 4. The molecule has 0 spiro atoms. The van der Waals surface area contributed by atoms with Crippen molar-refractivity contribution < 1.29 is 14.6 Å². The molecule has 18 heavy (non-hydrogen) atoms. The number of pyridine rings is 1. The van der Waals surface area contributed by atoms with E-state index in [1.807, 2.05) is 0 Å². The molecule has 0 aliphatic carbocycles. The summed E-state index contributed by atoms with van der Waals surface area (Å²) in [4.78, 5) is 18.4. The van der Waals surface area contributed by atoms with Crippen molar-refractivity contribution in [2.45, 2.75) is 0 Å². The van der Waals surface area contributed by atoms with Crippen molar-refractivity contribution in [3.05, 3.63) is 23.5 Å². The zero-order valence-electron chi connectivity index (χ0n) is 9.37. The molecule has 94 valence electrons. The van der Waals surface area contributed by atoms with E-state index in [9.17, 15) is 4.79 Å². The molecule has 0 saturated heterocycles. The van der Waals surface area contributed by atoms with Gasteiger partial charge < -0.3 is 9.84 Å². The summed E-state index contributed by atoms with van der Waals surface area (Å²) in [6, 6.07) is 1.68. The Balaban J connectivity index is 2.26. The molecule has 1 N–H and O–H groups in total. The molecule has 2 heterocycles. The maximum atomic E-state index is 10.4. The molecule has 0 aromatic carbocycles.